The molecule has 0 spiro atoms. The lowest BCUT2D eigenvalue weighted by Crippen LogP contribution is -2.00. The lowest BCUT2D eigenvalue weighted by molar-refractivity contribution is -0.386. The predicted molar refractivity (Wildman–Crippen MR) is 56.4 cm³/mol. The monoisotopic (exact) mass is 246 g/mol. The zero-order chi connectivity index (χ0) is 13.0. The van der Waals surface area contributed by atoms with Gasteiger partial charge in [0.1, 0.15) is 0 Å². The van der Waals surface area contributed by atoms with E-state index in [1.165, 1.54) is 12.1 Å². The Balaban J connectivity index is 2.22. The average Bonchev–Trinajstić information content (AvgIpc) is 2.89. The van der Waals surface area contributed by atoms with Crippen molar-refractivity contribution in [2.24, 2.45) is 0 Å². The van der Waals surface area contributed by atoms with Gasteiger partial charge in [-0.25, -0.2) is 0 Å². The number of nitro benzene ring substituents is 1. The molecular formula is C10H6N4O4. The summed E-state index contributed by atoms with van der Waals surface area (Å²) in [7, 11) is 0. The summed E-state index contributed by atoms with van der Waals surface area (Å²) in [5, 5.41) is 23.0. The van der Waals surface area contributed by atoms with Crippen molar-refractivity contribution in [1.29, 1.82) is 5.26 Å². The van der Waals surface area contributed by atoms with Crippen LogP contribution in [0.3, 0.4) is 0 Å². The first kappa shape index (κ1) is 11.5. The molecule has 0 N–H and O–H groups in total. The highest BCUT2D eigenvalue weighted by Crippen LogP contribution is 2.28. The molecule has 0 aliphatic heterocycles. The van der Waals surface area contributed by atoms with Crippen LogP contribution in [0.15, 0.2) is 29.1 Å². The third-order valence-electron chi connectivity index (χ3n) is 2.05. The number of aromatic nitrogens is 2. The summed E-state index contributed by atoms with van der Waals surface area (Å²) in [5.74, 6) is 0.317. The molecule has 90 valence electrons. The van der Waals surface area contributed by atoms with Crippen LogP contribution in [-0.2, 0) is 6.61 Å². The van der Waals surface area contributed by atoms with Gasteiger partial charge in [-0.05, 0) is 12.1 Å². The summed E-state index contributed by atoms with van der Waals surface area (Å²) in [6.07, 6.45) is 1.13. The van der Waals surface area contributed by atoms with Gasteiger partial charge in [-0.2, -0.15) is 10.2 Å². The molecule has 0 radical (unpaired) electrons. The van der Waals surface area contributed by atoms with Gasteiger partial charge in [0.05, 0.1) is 16.6 Å². The van der Waals surface area contributed by atoms with E-state index in [4.69, 9.17) is 10.00 Å². The predicted octanol–water partition coefficient (Wildman–Crippen LogP) is 1.43. The second-order valence-corrected chi connectivity index (χ2v) is 3.19. The number of nitriles is 1. The second-order valence-electron chi connectivity index (χ2n) is 3.19. The van der Waals surface area contributed by atoms with E-state index in [1.54, 1.807) is 0 Å². The van der Waals surface area contributed by atoms with Crippen LogP contribution in [0.5, 0.6) is 5.75 Å². The maximum Gasteiger partial charge on any atom is 0.312 e. The van der Waals surface area contributed by atoms with E-state index < -0.39 is 4.92 Å². The number of nitrogens with zero attached hydrogens (tertiary/aromatic N) is 4. The van der Waals surface area contributed by atoms with Crippen molar-refractivity contribution in [3.05, 3.63) is 46.1 Å². The van der Waals surface area contributed by atoms with Crippen LogP contribution in [0.25, 0.3) is 0 Å². The van der Waals surface area contributed by atoms with Crippen molar-refractivity contribution in [3.8, 4) is 11.8 Å². The number of nitro groups is 1. The third-order valence-corrected chi connectivity index (χ3v) is 2.05. The van der Waals surface area contributed by atoms with Gasteiger partial charge in [0, 0.05) is 6.07 Å². The largest absolute Gasteiger partial charge is 0.478 e. The van der Waals surface area contributed by atoms with Gasteiger partial charge in [-0.3, -0.25) is 10.1 Å². The topological polar surface area (TPSA) is 115 Å². The molecule has 0 unspecified atom stereocenters. The van der Waals surface area contributed by atoms with Crippen LogP contribution >= 0.6 is 0 Å². The van der Waals surface area contributed by atoms with Crippen LogP contribution < -0.4 is 4.74 Å². The molecule has 0 atom stereocenters. The molecule has 0 bridgehead atoms. The summed E-state index contributed by atoms with van der Waals surface area (Å²) < 4.78 is 9.71. The van der Waals surface area contributed by atoms with E-state index in [-0.39, 0.29) is 29.4 Å². The first-order chi connectivity index (χ1) is 8.70. The molecule has 0 aliphatic rings. The Morgan fingerprint density at radius 2 is 2.39 bits per heavy atom. The molecule has 2 rings (SSSR count). The fraction of sp³-hybridized carbons (Fsp3) is 0.100. The van der Waals surface area contributed by atoms with Crippen LogP contribution in [0.2, 0.25) is 0 Å². The summed E-state index contributed by atoms with van der Waals surface area (Å²) in [4.78, 5) is 13.9. The molecule has 0 amide bonds. The van der Waals surface area contributed by atoms with Crippen molar-refractivity contribution in [2.45, 2.75) is 6.61 Å². The lowest BCUT2D eigenvalue weighted by atomic mass is 10.2. The number of hydrogen-bond donors (Lipinski definition) is 0. The number of hydrogen-bond acceptors (Lipinski definition) is 7. The summed E-state index contributed by atoms with van der Waals surface area (Å²) in [6.45, 7) is -0.0523. The third kappa shape index (κ3) is 2.41. The van der Waals surface area contributed by atoms with E-state index in [9.17, 15) is 10.1 Å². The normalized spacial score (nSPS) is 9.72. The summed E-state index contributed by atoms with van der Waals surface area (Å²) in [6, 6.07) is 5.75. The minimum Gasteiger partial charge on any atom is -0.478 e. The smallest absolute Gasteiger partial charge is 0.312 e. The minimum atomic E-state index is -0.619. The highest BCUT2D eigenvalue weighted by molar-refractivity contribution is 5.51. The molecular weight excluding hydrogens is 240 g/mol. The fourth-order valence-electron chi connectivity index (χ4n) is 1.25. The van der Waals surface area contributed by atoms with Gasteiger partial charge in [-0.1, -0.05) is 5.16 Å². The van der Waals surface area contributed by atoms with Crippen molar-refractivity contribution in [3.63, 3.8) is 0 Å². The molecule has 0 aliphatic carbocycles. The van der Waals surface area contributed by atoms with E-state index in [0.717, 1.165) is 12.5 Å². The molecule has 8 heteroatoms. The Kier molecular flexibility index (Phi) is 3.15. The van der Waals surface area contributed by atoms with Crippen molar-refractivity contribution < 1.29 is 14.2 Å². The zero-order valence-electron chi connectivity index (χ0n) is 8.94. The second kappa shape index (κ2) is 4.92. The highest BCUT2D eigenvalue weighted by atomic mass is 16.6. The SMILES string of the molecule is N#Cc1ccc(OCc2ncon2)c([N+](=O)[O-])c1. The van der Waals surface area contributed by atoms with E-state index >= 15 is 0 Å². The maximum absolute atomic E-state index is 10.8. The molecule has 1 aromatic carbocycles. The van der Waals surface area contributed by atoms with Crippen LogP contribution in [0, 0.1) is 21.4 Å². The number of rotatable bonds is 4. The Hall–Kier alpha value is -2.95. The van der Waals surface area contributed by atoms with Crippen LogP contribution in [0.1, 0.15) is 11.4 Å². The maximum atomic E-state index is 10.8. The van der Waals surface area contributed by atoms with E-state index in [1.807, 2.05) is 6.07 Å². The lowest BCUT2D eigenvalue weighted by Gasteiger charge is -2.04. The van der Waals surface area contributed by atoms with Gasteiger partial charge in [0.15, 0.2) is 12.4 Å². The minimum absolute atomic E-state index is 0.0452. The van der Waals surface area contributed by atoms with Gasteiger partial charge >= 0.3 is 5.69 Å². The highest BCUT2D eigenvalue weighted by Gasteiger charge is 2.16. The Labute approximate surface area is 101 Å². The zero-order valence-corrected chi connectivity index (χ0v) is 8.94. The average molecular weight is 246 g/mol. The summed E-state index contributed by atoms with van der Waals surface area (Å²) in [5.41, 5.74) is -0.0915. The summed E-state index contributed by atoms with van der Waals surface area (Å²) >= 11 is 0. The Bertz CT molecular complexity index is 603. The fourth-order valence-corrected chi connectivity index (χ4v) is 1.25. The van der Waals surface area contributed by atoms with Crippen LogP contribution in [0.4, 0.5) is 5.69 Å². The quantitative estimate of drug-likeness (QED) is 0.591. The molecule has 18 heavy (non-hydrogen) atoms. The van der Waals surface area contributed by atoms with Gasteiger partial charge in [0.25, 0.3) is 0 Å². The van der Waals surface area contributed by atoms with E-state index in [2.05, 4.69) is 14.7 Å². The standard InChI is InChI=1S/C10H6N4O4/c11-4-7-1-2-9(8(3-7)14(15)16)17-5-10-12-6-18-13-10/h1-3,6H,5H2. The molecule has 1 aromatic heterocycles. The Morgan fingerprint density at radius 3 is 3.00 bits per heavy atom. The number of benzene rings is 1. The molecule has 1 heterocycles. The number of ether oxygens (including phenoxy) is 1. The van der Waals surface area contributed by atoms with Crippen molar-refractivity contribution in [1.82, 2.24) is 10.1 Å². The molecule has 2 aromatic rings. The first-order valence-electron chi connectivity index (χ1n) is 4.77. The molecule has 0 saturated heterocycles. The van der Waals surface area contributed by atoms with Gasteiger partial charge in [0.2, 0.25) is 12.2 Å². The Morgan fingerprint density at radius 1 is 1.56 bits per heavy atom. The molecule has 0 fully saturated rings. The molecule has 0 saturated carbocycles. The van der Waals surface area contributed by atoms with Crippen LogP contribution in [-0.4, -0.2) is 15.1 Å². The molecule has 8 nitrogen and oxygen atoms in total. The van der Waals surface area contributed by atoms with E-state index in [0.29, 0.717) is 0 Å². The first-order valence-corrected chi connectivity index (χ1v) is 4.77. The van der Waals surface area contributed by atoms with Crippen molar-refractivity contribution >= 4 is 5.69 Å². The van der Waals surface area contributed by atoms with Gasteiger partial charge in [-0.15, -0.1) is 0 Å². The van der Waals surface area contributed by atoms with Crippen molar-refractivity contribution in [2.75, 3.05) is 0 Å². The van der Waals surface area contributed by atoms with Gasteiger partial charge < -0.3 is 9.26 Å².